The molecule has 0 bridgehead atoms. The van der Waals surface area contributed by atoms with Crippen LogP contribution in [0.4, 0.5) is 0 Å². The second-order valence-corrected chi connectivity index (χ2v) is 5.37. The molecule has 3 heteroatoms. The largest absolute Gasteiger partial charge is 0.457 e. The summed E-state index contributed by atoms with van der Waals surface area (Å²) in [6.07, 6.45) is 0.658. The highest BCUT2D eigenvalue weighted by molar-refractivity contribution is 5.93. The summed E-state index contributed by atoms with van der Waals surface area (Å²) in [5.74, 6) is 1.73. The first-order valence-corrected chi connectivity index (χ1v) is 7.46. The minimum atomic E-state index is -0.365. The molecule has 0 spiro atoms. The van der Waals surface area contributed by atoms with E-state index in [4.69, 9.17) is 9.47 Å². The Morgan fingerprint density at radius 2 is 1.57 bits per heavy atom. The number of carbonyl (C=O) groups is 1. The van der Waals surface area contributed by atoms with Gasteiger partial charge in [0, 0.05) is 12.0 Å². The molecule has 112 valence electrons. The van der Waals surface area contributed by atoms with E-state index in [1.165, 1.54) is 0 Å². The fourth-order valence-electron chi connectivity index (χ4n) is 2.74. The number of ether oxygens (including phenoxy) is 2. The van der Waals surface area contributed by atoms with Crippen molar-refractivity contribution < 1.29 is 14.3 Å². The quantitative estimate of drug-likeness (QED) is 0.401. The van der Waals surface area contributed by atoms with Crippen molar-refractivity contribution in [2.75, 3.05) is 0 Å². The van der Waals surface area contributed by atoms with E-state index in [1.54, 1.807) is 18.2 Å². The lowest BCUT2D eigenvalue weighted by Gasteiger charge is -2.21. The van der Waals surface area contributed by atoms with Gasteiger partial charge in [0.1, 0.15) is 17.2 Å². The Morgan fingerprint density at radius 1 is 0.826 bits per heavy atom. The normalized spacial score (nSPS) is 11.8. The molecule has 3 aromatic carbocycles. The standard InChI is InChI=1S/C20H14O3/c21-20(22-15-8-2-1-3-9-15)16-10-6-12-19-17(16)13-14-7-4-5-11-18(14)23-19/h1-12H,13H2. The number of carbonyl (C=O) groups excluding carboxylic acids is 1. The summed E-state index contributed by atoms with van der Waals surface area (Å²) in [6.45, 7) is 0. The van der Waals surface area contributed by atoms with Crippen LogP contribution in [0, 0.1) is 0 Å². The lowest BCUT2D eigenvalue weighted by Crippen LogP contribution is -2.14. The van der Waals surface area contributed by atoms with Crippen LogP contribution in [0.2, 0.25) is 0 Å². The van der Waals surface area contributed by atoms with Gasteiger partial charge in [-0.15, -0.1) is 0 Å². The van der Waals surface area contributed by atoms with E-state index in [-0.39, 0.29) is 5.97 Å². The first kappa shape index (κ1) is 13.6. The summed E-state index contributed by atoms with van der Waals surface area (Å²) < 4.78 is 11.4. The molecule has 0 atom stereocenters. The van der Waals surface area contributed by atoms with Crippen molar-refractivity contribution in [3.05, 3.63) is 89.5 Å². The lowest BCUT2D eigenvalue weighted by atomic mass is 9.96. The summed E-state index contributed by atoms with van der Waals surface area (Å²) in [7, 11) is 0. The number of hydrogen-bond acceptors (Lipinski definition) is 3. The second kappa shape index (κ2) is 5.61. The van der Waals surface area contributed by atoms with Gasteiger partial charge in [0.2, 0.25) is 0 Å². The summed E-state index contributed by atoms with van der Waals surface area (Å²) in [6, 6.07) is 22.4. The number of para-hydroxylation sites is 2. The van der Waals surface area contributed by atoms with Gasteiger partial charge in [0.15, 0.2) is 0 Å². The van der Waals surface area contributed by atoms with Gasteiger partial charge in [-0.05, 0) is 35.9 Å². The maximum Gasteiger partial charge on any atom is 0.343 e. The van der Waals surface area contributed by atoms with Gasteiger partial charge in [0.25, 0.3) is 0 Å². The van der Waals surface area contributed by atoms with Crippen molar-refractivity contribution in [1.29, 1.82) is 0 Å². The minimum Gasteiger partial charge on any atom is -0.457 e. The van der Waals surface area contributed by atoms with Crippen LogP contribution >= 0.6 is 0 Å². The summed E-state index contributed by atoms with van der Waals surface area (Å²) in [4.78, 5) is 12.5. The van der Waals surface area contributed by atoms with Crippen LogP contribution in [-0.4, -0.2) is 5.97 Å². The van der Waals surface area contributed by atoms with Crippen molar-refractivity contribution in [3.63, 3.8) is 0 Å². The predicted molar refractivity (Wildman–Crippen MR) is 87.2 cm³/mol. The Kier molecular flexibility index (Phi) is 3.31. The zero-order valence-electron chi connectivity index (χ0n) is 12.4. The predicted octanol–water partition coefficient (Wildman–Crippen LogP) is 4.60. The Bertz CT molecular complexity index is 869. The van der Waals surface area contributed by atoms with Crippen molar-refractivity contribution >= 4 is 5.97 Å². The molecule has 0 radical (unpaired) electrons. The highest BCUT2D eigenvalue weighted by Crippen LogP contribution is 2.38. The topological polar surface area (TPSA) is 35.5 Å². The molecule has 0 fully saturated rings. The molecule has 0 saturated heterocycles. The van der Waals surface area contributed by atoms with Crippen LogP contribution in [0.15, 0.2) is 72.8 Å². The molecule has 0 N–H and O–H groups in total. The maximum absolute atomic E-state index is 12.5. The second-order valence-electron chi connectivity index (χ2n) is 5.37. The third kappa shape index (κ3) is 2.57. The highest BCUT2D eigenvalue weighted by atomic mass is 16.5. The van der Waals surface area contributed by atoms with Crippen molar-refractivity contribution in [2.45, 2.75) is 6.42 Å². The highest BCUT2D eigenvalue weighted by Gasteiger charge is 2.23. The van der Waals surface area contributed by atoms with E-state index in [0.717, 1.165) is 16.9 Å². The Morgan fingerprint density at radius 3 is 2.43 bits per heavy atom. The molecule has 3 nitrogen and oxygen atoms in total. The van der Waals surface area contributed by atoms with Gasteiger partial charge in [-0.2, -0.15) is 0 Å². The molecular formula is C20H14O3. The molecular weight excluding hydrogens is 288 g/mol. The maximum atomic E-state index is 12.5. The van der Waals surface area contributed by atoms with Crippen molar-refractivity contribution in [2.24, 2.45) is 0 Å². The zero-order chi connectivity index (χ0) is 15.6. The fourth-order valence-corrected chi connectivity index (χ4v) is 2.74. The number of esters is 1. The van der Waals surface area contributed by atoms with Gasteiger partial charge in [-0.25, -0.2) is 4.79 Å². The zero-order valence-corrected chi connectivity index (χ0v) is 12.4. The molecule has 23 heavy (non-hydrogen) atoms. The van der Waals surface area contributed by atoms with Crippen molar-refractivity contribution in [1.82, 2.24) is 0 Å². The first-order valence-electron chi connectivity index (χ1n) is 7.46. The molecule has 4 rings (SSSR count). The van der Waals surface area contributed by atoms with E-state index in [0.29, 0.717) is 23.5 Å². The van der Waals surface area contributed by atoms with Crippen molar-refractivity contribution in [3.8, 4) is 17.2 Å². The van der Waals surface area contributed by atoms with Gasteiger partial charge < -0.3 is 9.47 Å². The molecule has 1 aliphatic rings. The van der Waals surface area contributed by atoms with E-state index in [2.05, 4.69) is 0 Å². The van der Waals surface area contributed by atoms with Gasteiger partial charge >= 0.3 is 5.97 Å². The molecule has 0 aromatic heterocycles. The van der Waals surface area contributed by atoms with Crippen LogP contribution < -0.4 is 9.47 Å². The van der Waals surface area contributed by atoms with Crippen LogP contribution in [0.25, 0.3) is 0 Å². The smallest absolute Gasteiger partial charge is 0.343 e. The summed E-state index contributed by atoms with van der Waals surface area (Å²) >= 11 is 0. The Labute approximate surface area is 134 Å². The van der Waals surface area contributed by atoms with Crippen LogP contribution in [0.3, 0.4) is 0 Å². The molecule has 0 unspecified atom stereocenters. The molecule has 3 aromatic rings. The van der Waals surface area contributed by atoms with Crippen LogP contribution in [0.5, 0.6) is 17.2 Å². The lowest BCUT2D eigenvalue weighted by molar-refractivity contribution is 0.0733. The Balaban J connectivity index is 1.68. The summed E-state index contributed by atoms with van der Waals surface area (Å²) in [5, 5.41) is 0. The number of benzene rings is 3. The van der Waals surface area contributed by atoms with E-state index < -0.39 is 0 Å². The number of rotatable bonds is 2. The van der Waals surface area contributed by atoms with Gasteiger partial charge in [0.05, 0.1) is 5.56 Å². The van der Waals surface area contributed by atoms with Gasteiger partial charge in [-0.1, -0.05) is 42.5 Å². The number of hydrogen-bond donors (Lipinski definition) is 0. The van der Waals surface area contributed by atoms with E-state index >= 15 is 0 Å². The van der Waals surface area contributed by atoms with E-state index in [1.807, 2.05) is 54.6 Å². The first-order chi connectivity index (χ1) is 11.3. The SMILES string of the molecule is O=C(Oc1ccccc1)c1cccc2c1Cc1ccccc1O2. The minimum absolute atomic E-state index is 0.365. The summed E-state index contributed by atoms with van der Waals surface area (Å²) in [5.41, 5.74) is 2.48. The molecule has 1 heterocycles. The molecule has 1 aliphatic heterocycles. The Hall–Kier alpha value is -3.07. The fraction of sp³-hybridized carbons (Fsp3) is 0.0500. The van der Waals surface area contributed by atoms with E-state index in [9.17, 15) is 4.79 Å². The molecule has 0 aliphatic carbocycles. The third-order valence-corrected chi connectivity index (χ3v) is 3.87. The monoisotopic (exact) mass is 302 g/mol. The van der Waals surface area contributed by atoms with Crippen LogP contribution in [-0.2, 0) is 6.42 Å². The van der Waals surface area contributed by atoms with Crippen LogP contribution in [0.1, 0.15) is 21.5 Å². The van der Waals surface area contributed by atoms with Gasteiger partial charge in [-0.3, -0.25) is 0 Å². The molecule has 0 amide bonds. The third-order valence-electron chi connectivity index (χ3n) is 3.87. The average molecular weight is 302 g/mol. The number of fused-ring (bicyclic) bond motifs is 2. The molecule has 0 saturated carbocycles. The average Bonchev–Trinajstić information content (AvgIpc) is 2.60.